The van der Waals surface area contributed by atoms with E-state index in [-0.39, 0.29) is 24.6 Å². The van der Waals surface area contributed by atoms with Crippen molar-refractivity contribution in [3.05, 3.63) is 138 Å². The third-order valence-electron chi connectivity index (χ3n) is 7.66. The van der Waals surface area contributed by atoms with Gasteiger partial charge in [0.1, 0.15) is 5.75 Å². The Kier molecular flexibility index (Phi) is 8.15. The number of aromatic nitrogens is 3. The number of nitrogens with zero attached hydrogens (tertiary/aromatic N) is 4. The van der Waals surface area contributed by atoms with Gasteiger partial charge in [-0.25, -0.2) is 0 Å². The van der Waals surface area contributed by atoms with Crippen molar-refractivity contribution in [2.75, 3.05) is 16.8 Å². The van der Waals surface area contributed by atoms with Gasteiger partial charge in [-0.15, -0.1) is 0 Å². The van der Waals surface area contributed by atoms with Gasteiger partial charge in [0.05, 0.1) is 17.8 Å². The Morgan fingerprint density at radius 3 is 2.42 bits per heavy atom. The summed E-state index contributed by atoms with van der Waals surface area (Å²) in [7, 11) is 0. The van der Waals surface area contributed by atoms with Crippen molar-refractivity contribution in [3.8, 4) is 5.75 Å². The molecule has 1 saturated heterocycles. The van der Waals surface area contributed by atoms with Crippen LogP contribution in [0, 0.1) is 13.8 Å². The molecule has 1 aliphatic heterocycles. The lowest BCUT2D eigenvalue weighted by Crippen LogP contribution is -2.29. The molecule has 0 unspecified atom stereocenters. The standard InChI is InChI=1S/C34H32N6O2S/c1-23-20-29(24(2)39(23)21-25-15-18-35-19-16-25)33-32(30-10-6-7-17-36-30)38-34(43)40(33)27-13-11-26(12-14-27)37-31(41)22-42-28-8-4-3-5-9-28/h3-20,32-33H,21-22H2,1-2H3,(H,37,41)(H,38,43)/t32-,33+/m0/s1. The van der Waals surface area contributed by atoms with Gasteiger partial charge in [0.25, 0.3) is 5.91 Å². The molecule has 2 N–H and O–H groups in total. The van der Waals surface area contributed by atoms with E-state index in [1.54, 1.807) is 0 Å². The lowest BCUT2D eigenvalue weighted by atomic mass is 9.96. The second-order valence-electron chi connectivity index (χ2n) is 10.5. The van der Waals surface area contributed by atoms with Crippen LogP contribution in [0.25, 0.3) is 0 Å². The van der Waals surface area contributed by atoms with E-state index in [0.717, 1.165) is 23.6 Å². The van der Waals surface area contributed by atoms with E-state index in [1.165, 1.54) is 16.8 Å². The maximum atomic E-state index is 12.5. The number of pyridine rings is 2. The van der Waals surface area contributed by atoms with Gasteiger partial charge in [-0.05, 0) is 104 Å². The first-order chi connectivity index (χ1) is 21.0. The molecule has 5 aromatic rings. The highest BCUT2D eigenvalue weighted by Gasteiger charge is 2.42. The van der Waals surface area contributed by atoms with E-state index in [0.29, 0.717) is 16.5 Å². The molecular weight excluding hydrogens is 556 g/mol. The highest BCUT2D eigenvalue weighted by Crippen LogP contribution is 2.43. The Labute approximate surface area is 256 Å². The number of carbonyl (C=O) groups is 1. The average Bonchev–Trinajstić information content (AvgIpc) is 3.52. The van der Waals surface area contributed by atoms with E-state index in [9.17, 15) is 4.79 Å². The molecule has 0 radical (unpaired) electrons. The van der Waals surface area contributed by atoms with Crippen LogP contribution in [0.5, 0.6) is 5.75 Å². The van der Waals surface area contributed by atoms with Gasteiger partial charge in [0.15, 0.2) is 11.7 Å². The Bertz CT molecular complexity index is 1710. The van der Waals surface area contributed by atoms with Crippen molar-refractivity contribution in [3.63, 3.8) is 0 Å². The topological polar surface area (TPSA) is 84.3 Å². The molecule has 216 valence electrons. The van der Waals surface area contributed by atoms with Crippen LogP contribution >= 0.6 is 12.2 Å². The number of ether oxygens (including phenoxy) is 1. The van der Waals surface area contributed by atoms with Crippen LogP contribution in [0.15, 0.2) is 110 Å². The fourth-order valence-corrected chi connectivity index (χ4v) is 5.90. The number of para-hydroxylation sites is 1. The lowest BCUT2D eigenvalue weighted by Gasteiger charge is -2.28. The van der Waals surface area contributed by atoms with E-state index in [2.05, 4.69) is 50.0 Å². The predicted octanol–water partition coefficient (Wildman–Crippen LogP) is 6.14. The molecule has 2 atom stereocenters. The smallest absolute Gasteiger partial charge is 0.262 e. The van der Waals surface area contributed by atoms with Gasteiger partial charge >= 0.3 is 0 Å². The van der Waals surface area contributed by atoms with E-state index in [1.807, 2.05) is 104 Å². The highest BCUT2D eigenvalue weighted by atomic mass is 32.1. The van der Waals surface area contributed by atoms with Gasteiger partial charge in [-0.2, -0.15) is 0 Å². The maximum Gasteiger partial charge on any atom is 0.262 e. The molecule has 0 saturated carbocycles. The molecular formula is C34H32N6O2S. The number of nitrogens with one attached hydrogen (secondary N) is 2. The minimum Gasteiger partial charge on any atom is -0.484 e. The number of benzene rings is 2. The molecule has 9 heteroatoms. The first-order valence-electron chi connectivity index (χ1n) is 14.1. The number of rotatable bonds is 9. The average molecular weight is 589 g/mol. The molecule has 1 fully saturated rings. The summed E-state index contributed by atoms with van der Waals surface area (Å²) < 4.78 is 7.91. The molecule has 0 bridgehead atoms. The normalized spacial score (nSPS) is 16.1. The number of aryl methyl sites for hydroxylation is 1. The quantitative estimate of drug-likeness (QED) is 0.200. The minimum atomic E-state index is -0.232. The second kappa shape index (κ2) is 12.5. The summed E-state index contributed by atoms with van der Waals surface area (Å²) in [4.78, 5) is 23.5. The van der Waals surface area contributed by atoms with Crippen molar-refractivity contribution in [2.24, 2.45) is 0 Å². The summed E-state index contributed by atoms with van der Waals surface area (Å²) in [5.41, 5.74) is 7.20. The van der Waals surface area contributed by atoms with Gasteiger partial charge in [-0.3, -0.25) is 14.8 Å². The van der Waals surface area contributed by atoms with Crippen LogP contribution in [0.4, 0.5) is 11.4 Å². The second-order valence-corrected chi connectivity index (χ2v) is 10.8. The Morgan fingerprint density at radius 1 is 0.953 bits per heavy atom. The van der Waals surface area contributed by atoms with Crippen molar-refractivity contribution in [1.82, 2.24) is 19.9 Å². The fraction of sp³-hybridized carbons (Fsp3) is 0.176. The van der Waals surface area contributed by atoms with Gasteiger partial charge < -0.3 is 24.8 Å². The Morgan fingerprint density at radius 2 is 1.70 bits per heavy atom. The summed E-state index contributed by atoms with van der Waals surface area (Å²) in [6, 6.07) is 29.0. The predicted molar refractivity (Wildman–Crippen MR) is 172 cm³/mol. The molecule has 6 rings (SSSR count). The monoisotopic (exact) mass is 588 g/mol. The summed E-state index contributed by atoms with van der Waals surface area (Å²) in [6.07, 6.45) is 5.46. The number of carbonyl (C=O) groups excluding carboxylic acids is 1. The molecule has 8 nitrogen and oxygen atoms in total. The summed E-state index contributed by atoms with van der Waals surface area (Å²) >= 11 is 5.94. The van der Waals surface area contributed by atoms with Crippen molar-refractivity contribution in [2.45, 2.75) is 32.5 Å². The molecule has 2 aromatic carbocycles. The summed E-state index contributed by atoms with van der Waals surface area (Å²) in [5.74, 6) is 0.418. The summed E-state index contributed by atoms with van der Waals surface area (Å²) in [5, 5.41) is 7.07. The third kappa shape index (κ3) is 6.12. The number of anilines is 2. The van der Waals surface area contributed by atoms with Gasteiger partial charge in [-0.1, -0.05) is 24.3 Å². The third-order valence-corrected chi connectivity index (χ3v) is 7.98. The molecule has 3 aromatic heterocycles. The Hall–Kier alpha value is -5.02. The van der Waals surface area contributed by atoms with Crippen LogP contribution in [0.2, 0.25) is 0 Å². The van der Waals surface area contributed by atoms with E-state index < -0.39 is 0 Å². The fourth-order valence-electron chi connectivity index (χ4n) is 5.56. The zero-order chi connectivity index (χ0) is 29.8. The molecule has 0 aliphatic carbocycles. The minimum absolute atomic E-state index is 0.0746. The van der Waals surface area contributed by atoms with Gasteiger partial charge in [0.2, 0.25) is 0 Å². The highest BCUT2D eigenvalue weighted by molar-refractivity contribution is 7.80. The van der Waals surface area contributed by atoms with Crippen LogP contribution < -0.4 is 20.3 Å². The Balaban J connectivity index is 1.28. The number of amides is 1. The lowest BCUT2D eigenvalue weighted by molar-refractivity contribution is -0.118. The maximum absolute atomic E-state index is 12.5. The molecule has 43 heavy (non-hydrogen) atoms. The van der Waals surface area contributed by atoms with E-state index >= 15 is 0 Å². The zero-order valence-corrected chi connectivity index (χ0v) is 24.8. The van der Waals surface area contributed by atoms with Gasteiger partial charge in [0, 0.05) is 47.9 Å². The molecule has 4 heterocycles. The first-order valence-corrected chi connectivity index (χ1v) is 14.5. The van der Waals surface area contributed by atoms with Crippen LogP contribution in [-0.4, -0.2) is 32.2 Å². The number of hydrogen-bond donors (Lipinski definition) is 2. The van der Waals surface area contributed by atoms with Crippen molar-refractivity contribution < 1.29 is 9.53 Å². The zero-order valence-electron chi connectivity index (χ0n) is 24.0. The van der Waals surface area contributed by atoms with Crippen molar-refractivity contribution >= 4 is 34.6 Å². The largest absolute Gasteiger partial charge is 0.484 e. The summed E-state index contributed by atoms with van der Waals surface area (Å²) in [6.45, 7) is 4.97. The number of thiocarbonyl (C=S) groups is 1. The van der Waals surface area contributed by atoms with E-state index in [4.69, 9.17) is 17.0 Å². The molecule has 1 amide bonds. The molecule has 1 aliphatic rings. The van der Waals surface area contributed by atoms with Crippen molar-refractivity contribution in [1.29, 1.82) is 0 Å². The SMILES string of the molecule is Cc1cc([C@@H]2[C@H](c3ccccn3)NC(=S)N2c2ccc(NC(=O)COc3ccccc3)cc2)c(C)n1Cc1ccncc1. The molecule has 0 spiro atoms. The van der Waals surface area contributed by atoms with Crippen LogP contribution in [0.3, 0.4) is 0 Å². The number of hydrogen-bond acceptors (Lipinski definition) is 5. The van der Waals surface area contributed by atoms with Crippen LogP contribution in [-0.2, 0) is 11.3 Å². The first kappa shape index (κ1) is 28.1. The van der Waals surface area contributed by atoms with Crippen LogP contribution in [0.1, 0.15) is 40.3 Å².